The Morgan fingerprint density at radius 3 is 1.91 bits per heavy atom. The topological polar surface area (TPSA) is 228 Å². The molecule has 0 saturated heterocycles. The van der Waals surface area contributed by atoms with Crippen LogP contribution in [0.25, 0.3) is 0 Å². The van der Waals surface area contributed by atoms with Gasteiger partial charge in [0.15, 0.2) is 0 Å². The number of amides is 3. The minimum atomic E-state index is -1.57. The molecule has 13 nitrogen and oxygen atoms in total. The average Bonchev–Trinajstić information content (AvgIpc) is 2.78. The number of aliphatic hydroxyl groups is 1. The van der Waals surface area contributed by atoms with E-state index in [1.165, 1.54) is 12.1 Å². The molecule has 0 heterocycles. The summed E-state index contributed by atoms with van der Waals surface area (Å²) in [5, 5.41) is 43.2. The molecule has 14 heteroatoms. The molecule has 1 aromatic carbocycles. The lowest BCUT2D eigenvalue weighted by Gasteiger charge is -2.23. The van der Waals surface area contributed by atoms with Crippen LogP contribution in [0.4, 0.5) is 0 Å². The molecule has 1 aromatic rings. The van der Waals surface area contributed by atoms with E-state index in [0.29, 0.717) is 5.56 Å². The highest BCUT2D eigenvalue weighted by atomic mass is 32.1. The molecular weight excluding hydrogens is 472 g/mol. The van der Waals surface area contributed by atoms with E-state index >= 15 is 0 Å². The van der Waals surface area contributed by atoms with Crippen molar-refractivity contribution in [3.05, 3.63) is 29.8 Å². The van der Waals surface area contributed by atoms with Crippen LogP contribution < -0.4 is 21.7 Å². The number of carbonyl (C=O) groups is 5. The van der Waals surface area contributed by atoms with Gasteiger partial charge in [0.05, 0.1) is 12.6 Å². The minimum Gasteiger partial charge on any atom is -0.508 e. The maximum absolute atomic E-state index is 12.5. The van der Waals surface area contributed by atoms with Gasteiger partial charge < -0.3 is 42.1 Å². The summed E-state index contributed by atoms with van der Waals surface area (Å²) in [7, 11) is 0. The highest BCUT2D eigenvalue weighted by molar-refractivity contribution is 7.80. The Kier molecular flexibility index (Phi) is 11.8. The highest BCUT2D eigenvalue weighted by Gasteiger charge is 2.29. The third-order valence-corrected chi connectivity index (χ3v) is 4.99. The van der Waals surface area contributed by atoms with Crippen LogP contribution in [0.2, 0.25) is 0 Å². The molecule has 0 fully saturated rings. The van der Waals surface area contributed by atoms with Crippen molar-refractivity contribution in [3.63, 3.8) is 0 Å². The number of rotatable bonds is 14. The molecule has 9 N–H and O–H groups in total. The summed E-state index contributed by atoms with van der Waals surface area (Å²) in [6.45, 7) is -0.892. The predicted octanol–water partition coefficient (Wildman–Crippen LogP) is -2.41. The monoisotopic (exact) mass is 500 g/mol. The highest BCUT2D eigenvalue weighted by Crippen LogP contribution is 2.11. The molecule has 34 heavy (non-hydrogen) atoms. The van der Waals surface area contributed by atoms with E-state index in [2.05, 4.69) is 28.6 Å². The number of aliphatic hydroxyl groups excluding tert-OH is 1. The molecule has 3 amide bonds. The van der Waals surface area contributed by atoms with Gasteiger partial charge in [0.25, 0.3) is 0 Å². The fraction of sp³-hybridized carbons (Fsp3) is 0.450. The van der Waals surface area contributed by atoms with Gasteiger partial charge in [0.1, 0.15) is 23.9 Å². The van der Waals surface area contributed by atoms with E-state index < -0.39 is 73.3 Å². The SMILES string of the molecule is NC(Cc1ccc(O)cc1)C(=O)NC(CS)C(=O)NC(CO)C(=O)NC(CCC(=O)O)C(=O)O. The molecule has 0 aliphatic carbocycles. The first kappa shape index (κ1) is 28.7. The van der Waals surface area contributed by atoms with Gasteiger partial charge in [-0.1, -0.05) is 12.1 Å². The maximum Gasteiger partial charge on any atom is 0.326 e. The zero-order valence-corrected chi connectivity index (χ0v) is 18.9. The normalized spacial score (nSPS) is 14.2. The number of carbonyl (C=O) groups excluding carboxylic acids is 3. The standard InChI is InChI=1S/C20H28N4O9S/c21-12(7-10-1-3-11(26)4-2-10)17(29)24-15(9-34)19(31)23-14(8-25)18(30)22-13(20(32)33)5-6-16(27)28/h1-4,12-15,25-26,34H,5-9,21H2,(H,22,30)(H,23,31)(H,24,29)(H,27,28)(H,32,33). The number of phenolic OH excluding ortho intramolecular Hbond substituents is 1. The van der Waals surface area contributed by atoms with Gasteiger partial charge in [-0.3, -0.25) is 19.2 Å². The molecular formula is C20H28N4O9S. The minimum absolute atomic E-state index is 0.0487. The maximum atomic E-state index is 12.5. The van der Waals surface area contributed by atoms with Gasteiger partial charge in [0.2, 0.25) is 17.7 Å². The van der Waals surface area contributed by atoms with Gasteiger partial charge >= 0.3 is 11.9 Å². The quantitative estimate of drug-likeness (QED) is 0.123. The number of aromatic hydroxyl groups is 1. The van der Waals surface area contributed by atoms with Crippen molar-refractivity contribution >= 4 is 42.3 Å². The van der Waals surface area contributed by atoms with Crippen LogP contribution in [-0.4, -0.2) is 86.6 Å². The summed E-state index contributed by atoms with van der Waals surface area (Å²) in [6.07, 6.45) is -0.816. The van der Waals surface area contributed by atoms with Crippen molar-refractivity contribution in [2.75, 3.05) is 12.4 Å². The Bertz CT molecular complexity index is 881. The molecule has 0 aliphatic rings. The van der Waals surface area contributed by atoms with E-state index in [1.807, 2.05) is 0 Å². The second-order valence-electron chi connectivity index (χ2n) is 7.30. The summed E-state index contributed by atoms with van der Waals surface area (Å²) in [5.74, 6) is -5.50. The lowest BCUT2D eigenvalue weighted by Crippen LogP contribution is -2.58. The number of thiol groups is 1. The molecule has 0 radical (unpaired) electrons. The van der Waals surface area contributed by atoms with Crippen molar-refractivity contribution in [1.29, 1.82) is 0 Å². The lowest BCUT2D eigenvalue weighted by molar-refractivity contribution is -0.143. The molecule has 188 valence electrons. The third kappa shape index (κ3) is 9.64. The van der Waals surface area contributed by atoms with Crippen molar-refractivity contribution in [1.82, 2.24) is 16.0 Å². The van der Waals surface area contributed by atoms with Crippen LogP contribution in [0, 0.1) is 0 Å². The molecule has 0 saturated carbocycles. The van der Waals surface area contributed by atoms with Crippen LogP contribution in [0.5, 0.6) is 5.75 Å². The Morgan fingerprint density at radius 2 is 1.41 bits per heavy atom. The summed E-state index contributed by atoms with van der Waals surface area (Å²) >= 11 is 4.00. The van der Waals surface area contributed by atoms with Crippen LogP contribution in [-0.2, 0) is 30.4 Å². The predicted molar refractivity (Wildman–Crippen MR) is 121 cm³/mol. The second-order valence-corrected chi connectivity index (χ2v) is 7.66. The number of nitrogens with one attached hydrogen (secondary N) is 3. The number of hydrogen-bond donors (Lipinski definition) is 9. The lowest BCUT2D eigenvalue weighted by atomic mass is 10.1. The smallest absolute Gasteiger partial charge is 0.326 e. The Labute approximate surface area is 200 Å². The van der Waals surface area contributed by atoms with Crippen molar-refractivity contribution < 1.29 is 44.4 Å². The van der Waals surface area contributed by atoms with Crippen LogP contribution in [0.1, 0.15) is 18.4 Å². The molecule has 4 atom stereocenters. The summed E-state index contributed by atoms with van der Waals surface area (Å²) in [4.78, 5) is 59.1. The third-order valence-electron chi connectivity index (χ3n) is 4.62. The zero-order valence-electron chi connectivity index (χ0n) is 18.0. The van der Waals surface area contributed by atoms with Crippen molar-refractivity contribution in [3.8, 4) is 5.75 Å². The number of carboxylic acid groups (broad SMARTS) is 2. The number of hydrogen-bond acceptors (Lipinski definition) is 9. The largest absolute Gasteiger partial charge is 0.508 e. The van der Waals surface area contributed by atoms with Gasteiger partial charge in [-0.05, 0) is 30.5 Å². The summed E-state index contributed by atoms with van der Waals surface area (Å²) in [5.41, 5.74) is 6.53. The van der Waals surface area contributed by atoms with Crippen LogP contribution >= 0.6 is 12.6 Å². The summed E-state index contributed by atoms with van der Waals surface area (Å²) in [6, 6.07) is 0.638. The number of benzene rings is 1. The van der Waals surface area contributed by atoms with E-state index in [0.717, 1.165) is 0 Å². The fourth-order valence-corrected chi connectivity index (χ4v) is 2.97. The number of phenols is 1. The first-order valence-electron chi connectivity index (χ1n) is 10.1. The van der Waals surface area contributed by atoms with Gasteiger partial charge in [-0.25, -0.2) is 4.79 Å². The van der Waals surface area contributed by atoms with E-state index in [-0.39, 0.29) is 17.9 Å². The van der Waals surface area contributed by atoms with E-state index in [1.54, 1.807) is 12.1 Å². The van der Waals surface area contributed by atoms with Crippen LogP contribution in [0.15, 0.2) is 24.3 Å². The molecule has 4 unspecified atom stereocenters. The van der Waals surface area contributed by atoms with Crippen molar-refractivity contribution in [2.45, 2.75) is 43.4 Å². The molecule has 0 aliphatic heterocycles. The Balaban J connectivity index is 2.71. The number of carboxylic acids is 2. The first-order valence-corrected chi connectivity index (χ1v) is 10.7. The fourth-order valence-electron chi connectivity index (χ4n) is 2.72. The number of nitrogens with two attached hydrogens (primary N) is 1. The molecule has 0 bridgehead atoms. The Morgan fingerprint density at radius 1 is 0.882 bits per heavy atom. The Hall–Kier alpha value is -3.36. The zero-order chi connectivity index (χ0) is 25.8. The van der Waals surface area contributed by atoms with Gasteiger partial charge in [-0.2, -0.15) is 12.6 Å². The van der Waals surface area contributed by atoms with E-state index in [4.69, 9.17) is 15.9 Å². The second kappa shape index (κ2) is 14.0. The van der Waals surface area contributed by atoms with Gasteiger partial charge in [-0.15, -0.1) is 0 Å². The van der Waals surface area contributed by atoms with E-state index in [9.17, 15) is 34.2 Å². The molecule has 1 rings (SSSR count). The summed E-state index contributed by atoms with van der Waals surface area (Å²) < 4.78 is 0. The van der Waals surface area contributed by atoms with Crippen LogP contribution in [0.3, 0.4) is 0 Å². The first-order chi connectivity index (χ1) is 16.0. The number of aliphatic carboxylic acids is 2. The molecule has 0 spiro atoms. The molecule has 0 aromatic heterocycles. The van der Waals surface area contributed by atoms with Crippen molar-refractivity contribution in [2.24, 2.45) is 5.73 Å². The van der Waals surface area contributed by atoms with Gasteiger partial charge in [0, 0.05) is 12.2 Å². The average molecular weight is 501 g/mol.